The summed E-state index contributed by atoms with van der Waals surface area (Å²) in [4.78, 5) is 12.0. The Morgan fingerprint density at radius 2 is 1.53 bits per heavy atom. The molecule has 0 aliphatic carbocycles. The smallest absolute Gasteiger partial charge is 0.174 e. The first-order valence-corrected chi connectivity index (χ1v) is 5.53. The highest BCUT2D eigenvalue weighted by Gasteiger charge is 2.18. The lowest BCUT2D eigenvalue weighted by Crippen LogP contribution is -2.04. The van der Waals surface area contributed by atoms with Gasteiger partial charge in [-0.1, -0.05) is 12.1 Å². The molecule has 5 nitrogen and oxygen atoms in total. The fourth-order valence-electron chi connectivity index (χ4n) is 1.82. The molecule has 0 spiro atoms. The summed E-state index contributed by atoms with van der Waals surface area (Å²) in [7, 11) is 0. The van der Waals surface area contributed by atoms with Crippen molar-refractivity contribution in [2.24, 2.45) is 0 Å². The average Bonchev–Trinajstić information content (AvgIpc) is 2.27. The Morgan fingerprint density at radius 1 is 0.895 bits per heavy atom. The molecule has 2 rings (SSSR count). The second kappa shape index (κ2) is 4.89. The van der Waals surface area contributed by atoms with Crippen LogP contribution in [0.5, 0.6) is 23.0 Å². The fourth-order valence-corrected chi connectivity index (χ4v) is 1.82. The molecule has 4 N–H and O–H groups in total. The summed E-state index contributed by atoms with van der Waals surface area (Å²) >= 11 is 0. The van der Waals surface area contributed by atoms with Gasteiger partial charge in [-0.05, 0) is 17.7 Å². The Balaban J connectivity index is 2.31. The molecule has 0 fully saturated rings. The molecule has 0 radical (unpaired) electrons. The van der Waals surface area contributed by atoms with Crippen molar-refractivity contribution >= 4 is 5.78 Å². The highest BCUT2D eigenvalue weighted by molar-refractivity contribution is 6.02. The van der Waals surface area contributed by atoms with E-state index >= 15 is 0 Å². The van der Waals surface area contributed by atoms with E-state index in [1.807, 2.05) is 0 Å². The predicted octanol–water partition coefficient (Wildman–Crippen LogP) is 1.93. The number of phenolic OH excluding ortho intramolecular Hbond substituents is 4. The summed E-state index contributed by atoms with van der Waals surface area (Å²) in [5.74, 6) is -1.78. The quantitative estimate of drug-likeness (QED) is 0.632. The lowest BCUT2D eigenvalue weighted by Gasteiger charge is -2.07. The number of rotatable bonds is 3. The average molecular weight is 260 g/mol. The number of ketones is 1. The van der Waals surface area contributed by atoms with Crippen molar-refractivity contribution in [2.45, 2.75) is 6.42 Å². The number of carbonyl (C=O) groups excluding carboxylic acids is 1. The van der Waals surface area contributed by atoms with Gasteiger partial charge in [0.1, 0.15) is 28.6 Å². The third-order valence-electron chi connectivity index (χ3n) is 2.64. The van der Waals surface area contributed by atoms with Crippen molar-refractivity contribution in [1.82, 2.24) is 0 Å². The highest BCUT2D eigenvalue weighted by atomic mass is 16.3. The summed E-state index contributed by atoms with van der Waals surface area (Å²) in [5, 5.41) is 37.6. The van der Waals surface area contributed by atoms with Crippen LogP contribution in [0.15, 0.2) is 36.4 Å². The van der Waals surface area contributed by atoms with E-state index in [4.69, 9.17) is 5.11 Å². The van der Waals surface area contributed by atoms with E-state index < -0.39 is 17.3 Å². The zero-order valence-electron chi connectivity index (χ0n) is 9.87. The summed E-state index contributed by atoms with van der Waals surface area (Å²) in [5.41, 5.74) is 0.304. The van der Waals surface area contributed by atoms with E-state index in [1.165, 1.54) is 12.1 Å². The third-order valence-corrected chi connectivity index (χ3v) is 2.64. The van der Waals surface area contributed by atoms with E-state index in [9.17, 15) is 20.1 Å². The van der Waals surface area contributed by atoms with Crippen LogP contribution in [-0.2, 0) is 6.42 Å². The van der Waals surface area contributed by atoms with E-state index in [2.05, 4.69) is 0 Å². The molecule has 5 heteroatoms. The van der Waals surface area contributed by atoms with E-state index in [0.29, 0.717) is 5.56 Å². The van der Waals surface area contributed by atoms with Crippen LogP contribution in [0.25, 0.3) is 0 Å². The van der Waals surface area contributed by atoms with Gasteiger partial charge in [0, 0.05) is 18.6 Å². The Labute approximate surface area is 109 Å². The van der Waals surface area contributed by atoms with Crippen molar-refractivity contribution < 1.29 is 25.2 Å². The maximum absolute atomic E-state index is 12.0. The van der Waals surface area contributed by atoms with E-state index in [1.54, 1.807) is 12.1 Å². The molecule has 0 amide bonds. The Bertz CT molecular complexity index is 610. The van der Waals surface area contributed by atoms with Gasteiger partial charge in [-0.25, -0.2) is 0 Å². The highest BCUT2D eigenvalue weighted by Crippen LogP contribution is 2.32. The van der Waals surface area contributed by atoms with Crippen LogP contribution < -0.4 is 0 Å². The molecule has 0 aliphatic heterocycles. The first-order valence-electron chi connectivity index (χ1n) is 5.53. The van der Waals surface area contributed by atoms with Crippen LogP contribution in [-0.4, -0.2) is 26.2 Å². The zero-order valence-corrected chi connectivity index (χ0v) is 9.87. The number of Topliss-reactive ketones (excluding diaryl/α,β-unsaturated/α-hetero) is 1. The molecule has 2 aromatic carbocycles. The largest absolute Gasteiger partial charge is 0.508 e. The first kappa shape index (κ1) is 12.8. The number of phenols is 4. The number of hydrogen-bond donors (Lipinski definition) is 4. The van der Waals surface area contributed by atoms with Gasteiger partial charge in [0.25, 0.3) is 0 Å². The van der Waals surface area contributed by atoms with Crippen LogP contribution >= 0.6 is 0 Å². The first-order chi connectivity index (χ1) is 8.97. The van der Waals surface area contributed by atoms with Crippen LogP contribution in [0.3, 0.4) is 0 Å². The molecule has 0 aliphatic rings. The molecule has 0 atom stereocenters. The van der Waals surface area contributed by atoms with Crippen molar-refractivity contribution in [3.8, 4) is 23.0 Å². The van der Waals surface area contributed by atoms with Gasteiger partial charge in [0.2, 0.25) is 0 Å². The van der Waals surface area contributed by atoms with Crippen molar-refractivity contribution in [3.05, 3.63) is 47.5 Å². The van der Waals surface area contributed by atoms with Gasteiger partial charge in [-0.3, -0.25) is 4.79 Å². The summed E-state index contributed by atoms with van der Waals surface area (Å²) in [6, 6.07) is 8.10. The molecular weight excluding hydrogens is 248 g/mol. The Morgan fingerprint density at radius 3 is 2.11 bits per heavy atom. The third kappa shape index (κ3) is 2.77. The van der Waals surface area contributed by atoms with E-state index in [0.717, 1.165) is 12.1 Å². The fraction of sp³-hybridized carbons (Fsp3) is 0.0714. The molecule has 2 aromatic rings. The lowest BCUT2D eigenvalue weighted by molar-refractivity contribution is 0.0987. The second-order valence-corrected chi connectivity index (χ2v) is 4.13. The molecule has 19 heavy (non-hydrogen) atoms. The summed E-state index contributed by atoms with van der Waals surface area (Å²) < 4.78 is 0. The minimum Gasteiger partial charge on any atom is -0.508 e. The maximum atomic E-state index is 12.0. The van der Waals surface area contributed by atoms with Gasteiger partial charge < -0.3 is 20.4 Å². The predicted molar refractivity (Wildman–Crippen MR) is 67.6 cm³/mol. The molecule has 0 aromatic heterocycles. The van der Waals surface area contributed by atoms with E-state index in [-0.39, 0.29) is 23.5 Å². The molecule has 0 saturated heterocycles. The molecular formula is C14H12O5. The van der Waals surface area contributed by atoms with Gasteiger partial charge in [-0.15, -0.1) is 0 Å². The summed E-state index contributed by atoms with van der Waals surface area (Å²) in [6.07, 6.45) is -0.0830. The molecule has 98 valence electrons. The maximum Gasteiger partial charge on any atom is 0.174 e. The Hall–Kier alpha value is -2.69. The second-order valence-electron chi connectivity index (χ2n) is 4.13. The van der Waals surface area contributed by atoms with Crippen molar-refractivity contribution in [1.29, 1.82) is 0 Å². The topological polar surface area (TPSA) is 98.0 Å². The molecule has 0 saturated carbocycles. The number of carbonyl (C=O) groups is 1. The SMILES string of the molecule is O=C(Cc1cccc(O)c1)c1c(O)cc(O)cc1O. The number of benzene rings is 2. The standard InChI is InChI=1S/C14H12O5/c15-9-3-1-2-8(4-9)5-11(17)14-12(18)6-10(16)7-13(14)19/h1-4,6-7,15-16,18-19H,5H2. The van der Waals surface area contributed by atoms with Crippen LogP contribution in [0.1, 0.15) is 15.9 Å². The van der Waals surface area contributed by atoms with Crippen LogP contribution in [0.2, 0.25) is 0 Å². The number of hydrogen-bond acceptors (Lipinski definition) is 5. The van der Waals surface area contributed by atoms with Crippen molar-refractivity contribution in [3.63, 3.8) is 0 Å². The number of aromatic hydroxyl groups is 4. The monoisotopic (exact) mass is 260 g/mol. The van der Waals surface area contributed by atoms with Gasteiger partial charge in [0.15, 0.2) is 5.78 Å². The normalized spacial score (nSPS) is 10.3. The molecule has 0 unspecified atom stereocenters. The summed E-state index contributed by atoms with van der Waals surface area (Å²) in [6.45, 7) is 0. The molecule has 0 heterocycles. The van der Waals surface area contributed by atoms with Crippen LogP contribution in [0, 0.1) is 0 Å². The van der Waals surface area contributed by atoms with Gasteiger partial charge in [-0.2, -0.15) is 0 Å². The lowest BCUT2D eigenvalue weighted by atomic mass is 10.0. The minimum atomic E-state index is -0.513. The zero-order chi connectivity index (χ0) is 14.0. The van der Waals surface area contributed by atoms with Gasteiger partial charge >= 0.3 is 0 Å². The van der Waals surface area contributed by atoms with Gasteiger partial charge in [0.05, 0.1) is 0 Å². The minimum absolute atomic E-state index is 0.0319. The van der Waals surface area contributed by atoms with Crippen LogP contribution in [0.4, 0.5) is 0 Å². The van der Waals surface area contributed by atoms with Crippen molar-refractivity contribution in [2.75, 3.05) is 0 Å². The Kier molecular flexibility index (Phi) is 3.29. The molecule has 0 bridgehead atoms.